The Bertz CT molecular complexity index is 530. The second-order valence-electron chi connectivity index (χ2n) is 3.68. The predicted molar refractivity (Wildman–Crippen MR) is 65.0 cm³/mol. The van der Waals surface area contributed by atoms with Gasteiger partial charge in [-0.3, -0.25) is 10.2 Å². The van der Waals surface area contributed by atoms with Crippen molar-refractivity contribution in [3.8, 4) is 17.1 Å². The first-order valence-corrected chi connectivity index (χ1v) is 5.48. The summed E-state index contributed by atoms with van der Waals surface area (Å²) in [4.78, 5) is 4.17. The van der Waals surface area contributed by atoms with Crippen molar-refractivity contribution in [1.29, 1.82) is 0 Å². The first-order chi connectivity index (χ1) is 7.66. The number of ether oxygens (including phenoxy) is 1. The molecule has 0 atom stereocenters. The van der Waals surface area contributed by atoms with Crippen LogP contribution in [0.1, 0.15) is 13.8 Å². The zero-order chi connectivity index (χ0) is 11.5. The molecule has 84 valence electrons. The van der Waals surface area contributed by atoms with Crippen molar-refractivity contribution in [1.82, 2.24) is 15.2 Å². The van der Waals surface area contributed by atoms with Gasteiger partial charge in [-0.25, -0.2) is 0 Å². The van der Waals surface area contributed by atoms with Gasteiger partial charge in [-0.2, -0.15) is 4.98 Å². The summed E-state index contributed by atoms with van der Waals surface area (Å²) in [5.74, 6) is 1.50. The summed E-state index contributed by atoms with van der Waals surface area (Å²) in [6.07, 6.45) is 0.128. The van der Waals surface area contributed by atoms with Crippen LogP contribution in [0.2, 0.25) is 0 Å². The van der Waals surface area contributed by atoms with Gasteiger partial charge in [0.2, 0.25) is 4.77 Å². The molecule has 16 heavy (non-hydrogen) atoms. The molecule has 4 nitrogen and oxygen atoms in total. The molecule has 2 N–H and O–H groups in total. The van der Waals surface area contributed by atoms with Crippen LogP contribution in [-0.4, -0.2) is 21.3 Å². The van der Waals surface area contributed by atoms with Gasteiger partial charge in [0.15, 0.2) is 5.82 Å². The van der Waals surface area contributed by atoms with E-state index in [9.17, 15) is 0 Å². The molecule has 0 spiro atoms. The van der Waals surface area contributed by atoms with Crippen molar-refractivity contribution in [3.05, 3.63) is 29.0 Å². The van der Waals surface area contributed by atoms with E-state index in [1.165, 1.54) is 0 Å². The van der Waals surface area contributed by atoms with Gasteiger partial charge >= 0.3 is 0 Å². The molecule has 0 aliphatic carbocycles. The molecule has 2 rings (SSSR count). The Morgan fingerprint density at radius 1 is 1.25 bits per heavy atom. The Labute approximate surface area is 98.7 Å². The highest BCUT2D eigenvalue weighted by Crippen LogP contribution is 2.27. The second-order valence-corrected chi connectivity index (χ2v) is 4.07. The maximum atomic E-state index is 5.70. The minimum Gasteiger partial charge on any atom is -0.490 e. The number of aromatic nitrogens is 3. The normalized spacial score (nSPS) is 10.7. The second kappa shape index (κ2) is 4.49. The zero-order valence-corrected chi connectivity index (χ0v) is 9.97. The Kier molecular flexibility index (Phi) is 3.05. The standard InChI is InChI=1S/C11H13N3OS/c1-7(2)15-9-6-4-3-5-8(9)10-12-11(16)14-13-10/h3-7H,1-2H3,(H2,12,13,14,16). The monoisotopic (exact) mass is 235 g/mol. The van der Waals surface area contributed by atoms with E-state index >= 15 is 0 Å². The highest BCUT2D eigenvalue weighted by Gasteiger charge is 2.09. The summed E-state index contributed by atoms with van der Waals surface area (Å²) in [5.41, 5.74) is 0.906. The molecule has 0 fully saturated rings. The van der Waals surface area contributed by atoms with Crippen LogP contribution in [0.3, 0.4) is 0 Å². The smallest absolute Gasteiger partial charge is 0.213 e. The fourth-order valence-electron chi connectivity index (χ4n) is 1.42. The van der Waals surface area contributed by atoms with Crippen LogP contribution < -0.4 is 4.74 Å². The molecule has 1 aromatic heterocycles. The predicted octanol–water partition coefficient (Wildman–Crippen LogP) is 2.92. The van der Waals surface area contributed by atoms with Crippen molar-refractivity contribution >= 4 is 12.2 Å². The molecule has 0 saturated carbocycles. The van der Waals surface area contributed by atoms with Gasteiger partial charge in [-0.1, -0.05) is 12.1 Å². The molecule has 0 aliphatic rings. The van der Waals surface area contributed by atoms with Crippen LogP contribution >= 0.6 is 12.2 Å². The lowest BCUT2D eigenvalue weighted by atomic mass is 10.2. The van der Waals surface area contributed by atoms with Crippen LogP contribution in [0.25, 0.3) is 11.4 Å². The van der Waals surface area contributed by atoms with E-state index in [0.29, 0.717) is 10.6 Å². The van der Waals surface area contributed by atoms with Crippen LogP contribution in [0.15, 0.2) is 24.3 Å². The third kappa shape index (κ3) is 2.30. The van der Waals surface area contributed by atoms with Crippen molar-refractivity contribution in [2.24, 2.45) is 0 Å². The lowest BCUT2D eigenvalue weighted by Crippen LogP contribution is -2.06. The molecule has 0 bridgehead atoms. The number of para-hydroxylation sites is 1. The van der Waals surface area contributed by atoms with Crippen LogP contribution in [0.4, 0.5) is 0 Å². The van der Waals surface area contributed by atoms with E-state index in [0.717, 1.165) is 11.3 Å². The maximum absolute atomic E-state index is 5.70. The number of nitrogens with zero attached hydrogens (tertiary/aromatic N) is 1. The van der Waals surface area contributed by atoms with Crippen molar-refractivity contribution < 1.29 is 4.74 Å². The van der Waals surface area contributed by atoms with Gasteiger partial charge in [-0.15, -0.1) is 0 Å². The molecule has 0 amide bonds. The fraction of sp³-hybridized carbons (Fsp3) is 0.273. The summed E-state index contributed by atoms with van der Waals surface area (Å²) >= 11 is 4.93. The van der Waals surface area contributed by atoms with Crippen molar-refractivity contribution in [3.63, 3.8) is 0 Å². The highest BCUT2D eigenvalue weighted by molar-refractivity contribution is 7.71. The number of rotatable bonds is 3. The van der Waals surface area contributed by atoms with E-state index in [1.807, 2.05) is 38.1 Å². The Morgan fingerprint density at radius 2 is 2.00 bits per heavy atom. The van der Waals surface area contributed by atoms with Gasteiger partial charge in [0.1, 0.15) is 5.75 Å². The molecular weight excluding hydrogens is 222 g/mol. The summed E-state index contributed by atoms with van der Waals surface area (Å²) in [5, 5.41) is 5.69. The van der Waals surface area contributed by atoms with Gasteiger partial charge in [-0.05, 0) is 38.2 Å². The highest BCUT2D eigenvalue weighted by atomic mass is 32.1. The summed E-state index contributed by atoms with van der Waals surface area (Å²) in [7, 11) is 0. The Morgan fingerprint density at radius 3 is 2.62 bits per heavy atom. The van der Waals surface area contributed by atoms with Crippen LogP contribution in [0.5, 0.6) is 5.75 Å². The molecular formula is C11H13N3OS. The molecule has 0 unspecified atom stereocenters. The largest absolute Gasteiger partial charge is 0.490 e. The van der Waals surface area contributed by atoms with E-state index in [2.05, 4.69) is 15.2 Å². The first kappa shape index (κ1) is 10.9. The Hall–Kier alpha value is -1.62. The summed E-state index contributed by atoms with van der Waals surface area (Å²) in [6, 6.07) is 7.73. The average Bonchev–Trinajstić information content (AvgIpc) is 2.65. The number of H-pyrrole nitrogens is 2. The molecule has 1 heterocycles. The quantitative estimate of drug-likeness (QED) is 0.804. The van der Waals surface area contributed by atoms with Gasteiger partial charge in [0.25, 0.3) is 0 Å². The van der Waals surface area contributed by atoms with Crippen LogP contribution in [0, 0.1) is 4.77 Å². The molecule has 5 heteroatoms. The van der Waals surface area contributed by atoms with Crippen LogP contribution in [-0.2, 0) is 0 Å². The maximum Gasteiger partial charge on any atom is 0.213 e. The van der Waals surface area contributed by atoms with Crippen molar-refractivity contribution in [2.45, 2.75) is 20.0 Å². The minimum absolute atomic E-state index is 0.128. The topological polar surface area (TPSA) is 53.7 Å². The molecule has 0 saturated heterocycles. The lowest BCUT2D eigenvalue weighted by Gasteiger charge is -2.12. The SMILES string of the molecule is CC(C)Oc1ccccc1-c1nc(=S)[nH][nH]1. The number of nitrogens with one attached hydrogen (secondary N) is 2. The lowest BCUT2D eigenvalue weighted by molar-refractivity contribution is 0.243. The molecule has 0 aliphatic heterocycles. The van der Waals surface area contributed by atoms with E-state index < -0.39 is 0 Å². The first-order valence-electron chi connectivity index (χ1n) is 5.07. The van der Waals surface area contributed by atoms with Gasteiger partial charge in [0.05, 0.1) is 11.7 Å². The zero-order valence-electron chi connectivity index (χ0n) is 9.15. The van der Waals surface area contributed by atoms with E-state index in [4.69, 9.17) is 17.0 Å². The third-order valence-corrected chi connectivity index (χ3v) is 2.20. The summed E-state index contributed by atoms with van der Waals surface area (Å²) < 4.78 is 6.14. The van der Waals surface area contributed by atoms with E-state index in [-0.39, 0.29) is 6.10 Å². The number of aromatic amines is 2. The molecule has 0 radical (unpaired) electrons. The number of hydrogen-bond acceptors (Lipinski definition) is 3. The number of benzene rings is 1. The molecule has 2 aromatic rings. The summed E-state index contributed by atoms with van der Waals surface area (Å²) in [6.45, 7) is 3.98. The number of hydrogen-bond donors (Lipinski definition) is 2. The average molecular weight is 235 g/mol. The Balaban J connectivity index is 2.44. The van der Waals surface area contributed by atoms with E-state index in [1.54, 1.807) is 0 Å². The third-order valence-electron chi connectivity index (χ3n) is 2.01. The van der Waals surface area contributed by atoms with Gasteiger partial charge in [0, 0.05) is 0 Å². The van der Waals surface area contributed by atoms with Crippen molar-refractivity contribution in [2.75, 3.05) is 0 Å². The molecule has 1 aromatic carbocycles. The fourth-order valence-corrected chi connectivity index (χ4v) is 1.56. The minimum atomic E-state index is 0.128. The van der Waals surface area contributed by atoms with Gasteiger partial charge < -0.3 is 4.74 Å².